The van der Waals surface area contributed by atoms with Gasteiger partial charge in [-0.3, -0.25) is 9.59 Å². The van der Waals surface area contributed by atoms with Crippen LogP contribution in [0.2, 0.25) is 0 Å². The highest BCUT2D eigenvalue weighted by molar-refractivity contribution is 5.85. The number of rotatable bonds is 8. The lowest BCUT2D eigenvalue weighted by atomic mass is 10.1. The van der Waals surface area contributed by atoms with E-state index in [2.05, 4.69) is 27.4 Å². The van der Waals surface area contributed by atoms with Crippen LogP contribution < -0.4 is 0 Å². The molecular formula is C12H14O9. The normalized spacial score (nSPS) is 15.6. The highest BCUT2D eigenvalue weighted by atomic mass is 16.8. The molecule has 21 heavy (non-hydrogen) atoms. The zero-order valence-corrected chi connectivity index (χ0v) is 11.1. The zero-order valence-electron chi connectivity index (χ0n) is 11.1. The minimum Gasteiger partial charge on any atom is -0.418 e. The topological polar surface area (TPSA) is 136 Å². The molecule has 2 unspecified atom stereocenters. The molecule has 9 heteroatoms. The third-order valence-corrected chi connectivity index (χ3v) is 2.06. The van der Waals surface area contributed by atoms with Crippen molar-refractivity contribution < 1.29 is 43.6 Å². The molecule has 0 aromatic carbocycles. The maximum Gasteiger partial charge on any atom is 0.383 e. The van der Waals surface area contributed by atoms with Crippen molar-refractivity contribution in [3.8, 4) is 0 Å². The fourth-order valence-corrected chi connectivity index (χ4v) is 1.15. The van der Waals surface area contributed by atoms with Crippen LogP contribution in [0, 0.1) is 0 Å². The second kappa shape index (κ2) is 7.31. The third kappa shape index (κ3) is 4.23. The lowest BCUT2D eigenvalue weighted by molar-refractivity contribution is -0.346. The molecule has 2 N–H and O–H groups in total. The van der Waals surface area contributed by atoms with Crippen LogP contribution in [0.4, 0.5) is 0 Å². The number of carbonyl (C=O) groups is 4. The predicted octanol–water partition coefficient (Wildman–Crippen LogP) is -1.42. The summed E-state index contributed by atoms with van der Waals surface area (Å²) in [7, 11) is 0. The molecule has 116 valence electrons. The molecule has 0 rings (SSSR count). The van der Waals surface area contributed by atoms with E-state index in [-0.39, 0.29) is 6.29 Å². The number of aliphatic hydroxyl groups is 2. The van der Waals surface area contributed by atoms with Crippen molar-refractivity contribution in [3.05, 3.63) is 25.3 Å². The third-order valence-electron chi connectivity index (χ3n) is 2.06. The van der Waals surface area contributed by atoms with Crippen LogP contribution in [-0.2, 0) is 33.4 Å². The first-order valence-electron chi connectivity index (χ1n) is 5.40. The first kappa shape index (κ1) is 18.5. The second-order valence-corrected chi connectivity index (χ2v) is 3.57. The number of aliphatic hydroxyl groups excluding tert-OH is 1. The fourth-order valence-electron chi connectivity index (χ4n) is 1.15. The van der Waals surface area contributed by atoms with E-state index in [1.54, 1.807) is 0 Å². The number of hydrogen-bond donors (Lipinski definition) is 2. The molecule has 0 radical (unpaired) electrons. The van der Waals surface area contributed by atoms with E-state index >= 15 is 0 Å². The van der Waals surface area contributed by atoms with Crippen LogP contribution in [-0.4, -0.2) is 52.6 Å². The molecule has 0 aliphatic carbocycles. The minimum atomic E-state index is -3.18. The number of esters is 3. The molecule has 9 nitrogen and oxygen atoms in total. The van der Waals surface area contributed by atoms with Gasteiger partial charge in [0.05, 0.1) is 0 Å². The lowest BCUT2D eigenvalue weighted by Crippen LogP contribution is -2.64. The van der Waals surface area contributed by atoms with Gasteiger partial charge in [-0.2, -0.15) is 0 Å². The number of aldehydes is 1. The monoisotopic (exact) mass is 302 g/mol. The van der Waals surface area contributed by atoms with Gasteiger partial charge in [-0.05, 0) is 0 Å². The Kier molecular flexibility index (Phi) is 6.43. The van der Waals surface area contributed by atoms with E-state index in [0.717, 1.165) is 6.92 Å². The first-order chi connectivity index (χ1) is 9.70. The Balaban J connectivity index is 5.89. The van der Waals surface area contributed by atoms with Gasteiger partial charge in [0, 0.05) is 19.1 Å². The number of hydrogen-bond acceptors (Lipinski definition) is 9. The van der Waals surface area contributed by atoms with E-state index in [9.17, 15) is 24.3 Å². The summed E-state index contributed by atoms with van der Waals surface area (Å²) in [6.07, 6.45) is 0.872. The van der Waals surface area contributed by atoms with Crippen molar-refractivity contribution in [1.29, 1.82) is 0 Å². The highest BCUT2D eigenvalue weighted by Gasteiger charge is 2.61. The Morgan fingerprint density at radius 1 is 1.10 bits per heavy atom. The average molecular weight is 302 g/mol. The molecule has 0 aliphatic heterocycles. The summed E-state index contributed by atoms with van der Waals surface area (Å²) in [5.41, 5.74) is 0. The van der Waals surface area contributed by atoms with Gasteiger partial charge < -0.3 is 24.4 Å². The van der Waals surface area contributed by atoms with Crippen molar-refractivity contribution in [2.45, 2.75) is 18.5 Å². The first-order valence-corrected chi connectivity index (χ1v) is 5.40. The predicted molar refractivity (Wildman–Crippen MR) is 65.2 cm³/mol. The van der Waals surface area contributed by atoms with Crippen LogP contribution in [0.1, 0.15) is 6.92 Å². The minimum absolute atomic E-state index is 0.317. The summed E-state index contributed by atoms with van der Waals surface area (Å²) in [6, 6.07) is 0. The molecule has 0 bridgehead atoms. The van der Waals surface area contributed by atoms with E-state index < -0.39 is 36.1 Å². The number of carbonyl (C=O) groups excluding carboxylic acids is 4. The maximum absolute atomic E-state index is 11.2. The van der Waals surface area contributed by atoms with Crippen LogP contribution in [0.15, 0.2) is 25.3 Å². The van der Waals surface area contributed by atoms with Gasteiger partial charge >= 0.3 is 29.5 Å². The van der Waals surface area contributed by atoms with Crippen LogP contribution in [0.25, 0.3) is 0 Å². The largest absolute Gasteiger partial charge is 0.418 e. The molecule has 0 heterocycles. The van der Waals surface area contributed by atoms with Gasteiger partial charge in [-0.1, -0.05) is 13.2 Å². The van der Waals surface area contributed by atoms with Crippen molar-refractivity contribution in [2.24, 2.45) is 0 Å². The summed E-state index contributed by atoms with van der Waals surface area (Å²) in [6.45, 7) is 5.48. The van der Waals surface area contributed by atoms with E-state index in [0.29, 0.717) is 12.2 Å². The van der Waals surface area contributed by atoms with Crippen molar-refractivity contribution in [2.75, 3.05) is 6.61 Å². The molecule has 0 aromatic heterocycles. The van der Waals surface area contributed by atoms with Crippen LogP contribution >= 0.6 is 0 Å². The number of ether oxygens (including phenoxy) is 3. The Morgan fingerprint density at radius 2 is 1.57 bits per heavy atom. The molecule has 0 saturated heterocycles. The van der Waals surface area contributed by atoms with Crippen LogP contribution in [0.3, 0.4) is 0 Å². The lowest BCUT2D eigenvalue weighted by Gasteiger charge is -2.38. The van der Waals surface area contributed by atoms with Gasteiger partial charge in [0.2, 0.25) is 6.29 Å². The van der Waals surface area contributed by atoms with Gasteiger partial charge in [0.25, 0.3) is 0 Å². The SMILES string of the molecule is C=CC(=O)OC(O)(CO)C(C=O)(OC(C)=O)OC(=O)C=C. The van der Waals surface area contributed by atoms with Gasteiger partial charge in [0.15, 0.2) is 0 Å². The molecule has 0 amide bonds. The van der Waals surface area contributed by atoms with E-state index in [1.165, 1.54) is 0 Å². The molecule has 0 saturated carbocycles. The highest BCUT2D eigenvalue weighted by Crippen LogP contribution is 2.29. The smallest absolute Gasteiger partial charge is 0.383 e. The van der Waals surface area contributed by atoms with Crippen molar-refractivity contribution in [3.63, 3.8) is 0 Å². The molecule has 0 aliphatic rings. The Hall–Kier alpha value is -2.52. The molecule has 0 fully saturated rings. The molecular weight excluding hydrogens is 288 g/mol. The Labute approximate surface area is 119 Å². The molecule has 0 aromatic rings. The summed E-state index contributed by atoms with van der Waals surface area (Å²) in [5, 5.41) is 19.2. The summed E-state index contributed by atoms with van der Waals surface area (Å²) in [5.74, 6) is -10.0. The summed E-state index contributed by atoms with van der Waals surface area (Å²) >= 11 is 0. The van der Waals surface area contributed by atoms with Gasteiger partial charge in [0.1, 0.15) is 6.61 Å². The quantitative estimate of drug-likeness (QED) is 0.239. The molecule has 0 spiro atoms. The van der Waals surface area contributed by atoms with Crippen LogP contribution in [0.5, 0.6) is 0 Å². The second-order valence-electron chi connectivity index (χ2n) is 3.57. The van der Waals surface area contributed by atoms with Crippen molar-refractivity contribution in [1.82, 2.24) is 0 Å². The summed E-state index contributed by atoms with van der Waals surface area (Å²) in [4.78, 5) is 44.7. The molecule has 2 atom stereocenters. The van der Waals surface area contributed by atoms with E-state index in [1.807, 2.05) is 0 Å². The van der Waals surface area contributed by atoms with E-state index in [4.69, 9.17) is 5.11 Å². The van der Waals surface area contributed by atoms with Gasteiger partial charge in [-0.15, -0.1) is 0 Å². The van der Waals surface area contributed by atoms with Crippen molar-refractivity contribution >= 4 is 24.2 Å². The fraction of sp³-hybridized carbons (Fsp3) is 0.333. The van der Waals surface area contributed by atoms with Gasteiger partial charge in [-0.25, -0.2) is 9.59 Å². The maximum atomic E-state index is 11.2. The standard InChI is InChI=1S/C12H14O9/c1-4-9(16)20-11(18,6-13)12(7-14,19-8(3)15)21-10(17)5-2/h4-5,7,13,18H,1-2,6H2,3H3. The summed E-state index contributed by atoms with van der Waals surface area (Å²) < 4.78 is 13.3. The Bertz CT molecular complexity index is 469. The Morgan fingerprint density at radius 3 is 1.90 bits per heavy atom. The zero-order chi connectivity index (χ0) is 16.7. The average Bonchev–Trinajstić information content (AvgIpc) is 2.45.